The zero-order valence-corrected chi connectivity index (χ0v) is 17.0. The number of benzene rings is 2. The Kier molecular flexibility index (Phi) is 8.12. The Bertz CT molecular complexity index is 906. The molecule has 0 fully saturated rings. The molecule has 28 heavy (non-hydrogen) atoms. The van der Waals surface area contributed by atoms with Crippen LogP contribution < -0.4 is 11.5 Å². The molecule has 2 rings (SSSR count). The van der Waals surface area contributed by atoms with Gasteiger partial charge in [0, 0.05) is 36.3 Å². The van der Waals surface area contributed by atoms with Crippen LogP contribution in [0.4, 0.5) is 11.4 Å². The lowest BCUT2D eigenvalue weighted by Gasteiger charge is -2.20. The number of carbonyl (C=O) groups excluding carboxylic acids is 1. The van der Waals surface area contributed by atoms with Crippen LogP contribution in [0.3, 0.4) is 0 Å². The smallest absolute Gasteiger partial charge is 0.219 e. The van der Waals surface area contributed by atoms with E-state index >= 15 is 0 Å². The molecule has 4 N–H and O–H groups in total. The molecule has 1 amide bonds. The van der Waals surface area contributed by atoms with Crippen LogP contribution >= 0.6 is 12.0 Å². The lowest BCUT2D eigenvalue weighted by molar-refractivity contribution is -0.193. The third kappa shape index (κ3) is 7.04. The molecule has 0 atom stereocenters. The molecule has 0 aliphatic carbocycles. The topological polar surface area (TPSA) is 125 Å². The van der Waals surface area contributed by atoms with Gasteiger partial charge in [-0.05, 0) is 36.4 Å². The van der Waals surface area contributed by atoms with Crippen molar-refractivity contribution in [3.05, 3.63) is 48.5 Å². The van der Waals surface area contributed by atoms with E-state index in [1.807, 2.05) is 6.07 Å². The summed E-state index contributed by atoms with van der Waals surface area (Å²) in [5.41, 5.74) is 12.3. The van der Waals surface area contributed by atoms with Gasteiger partial charge in [-0.25, -0.2) is 13.3 Å². The van der Waals surface area contributed by atoms with Gasteiger partial charge in [0.15, 0.2) is 9.84 Å². The Labute approximate surface area is 168 Å². The van der Waals surface area contributed by atoms with Gasteiger partial charge < -0.3 is 16.4 Å². The molecule has 0 aliphatic heterocycles. The minimum atomic E-state index is -3.55. The number of amides is 1. The summed E-state index contributed by atoms with van der Waals surface area (Å²) in [7, 11) is -3.55. The van der Waals surface area contributed by atoms with E-state index in [4.69, 9.17) is 20.7 Å². The van der Waals surface area contributed by atoms with E-state index in [9.17, 15) is 13.2 Å². The highest BCUT2D eigenvalue weighted by Crippen LogP contribution is 2.21. The average Bonchev–Trinajstić information content (AvgIpc) is 2.63. The van der Waals surface area contributed by atoms with Gasteiger partial charge >= 0.3 is 0 Å². The van der Waals surface area contributed by atoms with Gasteiger partial charge in [-0.1, -0.05) is 12.1 Å². The van der Waals surface area contributed by atoms with Gasteiger partial charge in [-0.15, -0.1) is 0 Å². The van der Waals surface area contributed by atoms with Crippen molar-refractivity contribution in [1.82, 2.24) is 4.90 Å². The Morgan fingerprint density at radius 3 is 2.39 bits per heavy atom. The van der Waals surface area contributed by atoms with Crippen LogP contribution in [0.25, 0.3) is 0 Å². The third-order valence-electron chi connectivity index (χ3n) is 3.77. The van der Waals surface area contributed by atoms with Gasteiger partial charge in [-0.3, -0.25) is 4.79 Å². The summed E-state index contributed by atoms with van der Waals surface area (Å²) >= 11 is 0.997. The number of sulfone groups is 1. The molecule has 0 bridgehead atoms. The monoisotopic (exact) mass is 425 g/mol. The largest absolute Gasteiger partial charge is 0.399 e. The van der Waals surface area contributed by atoms with Gasteiger partial charge in [-0.2, -0.15) is 4.33 Å². The molecule has 0 heterocycles. The number of nitrogens with two attached hydrogens (primary N) is 2. The van der Waals surface area contributed by atoms with Crippen molar-refractivity contribution in [2.24, 2.45) is 0 Å². The minimum absolute atomic E-state index is 0.0399. The van der Waals surface area contributed by atoms with Crippen molar-refractivity contribution in [2.75, 3.05) is 36.9 Å². The molecular weight excluding hydrogens is 402 g/mol. The Balaban J connectivity index is 1.79. The van der Waals surface area contributed by atoms with E-state index in [1.165, 1.54) is 24.0 Å². The predicted octanol–water partition coefficient (Wildman–Crippen LogP) is 2.13. The maximum absolute atomic E-state index is 12.4. The van der Waals surface area contributed by atoms with Gasteiger partial charge in [0.05, 0.1) is 22.7 Å². The number of nitrogen functional groups attached to an aromatic ring is 2. The lowest BCUT2D eigenvalue weighted by atomic mass is 10.3. The molecule has 0 spiro atoms. The maximum atomic E-state index is 12.4. The molecular formula is C18H23N3O5S2. The number of rotatable bonds is 10. The fourth-order valence-corrected chi connectivity index (χ4v) is 4.11. The van der Waals surface area contributed by atoms with Crippen LogP contribution in [0.1, 0.15) is 6.92 Å². The fraction of sp³-hybridized carbons (Fsp3) is 0.278. The van der Waals surface area contributed by atoms with Crippen LogP contribution in [-0.4, -0.2) is 44.7 Å². The van der Waals surface area contributed by atoms with Gasteiger partial charge in [0.25, 0.3) is 0 Å². The van der Waals surface area contributed by atoms with Crippen LogP contribution in [0.15, 0.2) is 58.3 Å². The first kappa shape index (κ1) is 22.0. The Morgan fingerprint density at radius 1 is 1.07 bits per heavy atom. The van der Waals surface area contributed by atoms with E-state index in [-0.39, 0.29) is 36.3 Å². The highest BCUT2D eigenvalue weighted by atomic mass is 32.2. The molecule has 0 saturated carbocycles. The number of carbonyl (C=O) groups is 1. The zero-order chi connectivity index (χ0) is 20.6. The van der Waals surface area contributed by atoms with Gasteiger partial charge in [0.1, 0.15) is 6.61 Å². The zero-order valence-electron chi connectivity index (χ0n) is 15.4. The predicted molar refractivity (Wildman–Crippen MR) is 109 cm³/mol. The highest BCUT2D eigenvalue weighted by molar-refractivity contribution is 7.94. The second-order valence-electron chi connectivity index (χ2n) is 5.94. The van der Waals surface area contributed by atoms with E-state index < -0.39 is 9.84 Å². The summed E-state index contributed by atoms with van der Waals surface area (Å²) in [4.78, 5) is 19.1. The maximum Gasteiger partial charge on any atom is 0.219 e. The first-order chi connectivity index (χ1) is 13.3. The molecule has 0 radical (unpaired) electrons. The molecule has 0 saturated heterocycles. The van der Waals surface area contributed by atoms with Crippen LogP contribution in [-0.2, 0) is 23.9 Å². The van der Waals surface area contributed by atoms with Crippen molar-refractivity contribution in [2.45, 2.75) is 16.7 Å². The Hall–Kier alpha value is -2.27. The standard InChI is InChI=1S/C18H23N3O5S2/c1-14(22)21(8-10-25-26-27-17-6-2-4-15(19)12-17)9-11-28(23,24)18-7-3-5-16(20)13-18/h2-7,12-13H,8-11,19-20H2,1H3. The number of hydrogen-bond acceptors (Lipinski definition) is 8. The van der Waals surface area contributed by atoms with Crippen molar-refractivity contribution >= 4 is 39.2 Å². The summed E-state index contributed by atoms with van der Waals surface area (Å²) in [6.45, 7) is 1.69. The first-order valence-corrected chi connectivity index (χ1v) is 10.8. The fourth-order valence-electron chi connectivity index (χ4n) is 2.29. The molecule has 152 valence electrons. The van der Waals surface area contributed by atoms with Crippen LogP contribution in [0.5, 0.6) is 0 Å². The van der Waals surface area contributed by atoms with Gasteiger partial charge in [0.2, 0.25) is 5.91 Å². The number of anilines is 2. The molecule has 2 aromatic carbocycles. The molecule has 0 aliphatic rings. The molecule has 0 aromatic heterocycles. The van der Waals surface area contributed by atoms with E-state index in [0.29, 0.717) is 11.4 Å². The van der Waals surface area contributed by atoms with E-state index in [1.54, 1.807) is 30.3 Å². The summed E-state index contributed by atoms with van der Waals surface area (Å²) in [5.74, 6) is -0.468. The molecule has 0 unspecified atom stereocenters. The summed E-state index contributed by atoms with van der Waals surface area (Å²) < 4.78 is 29.8. The molecule has 2 aromatic rings. The second-order valence-corrected chi connectivity index (χ2v) is 8.83. The van der Waals surface area contributed by atoms with Crippen molar-refractivity contribution < 1.29 is 22.4 Å². The average molecular weight is 426 g/mol. The second kappa shape index (κ2) is 10.3. The van der Waals surface area contributed by atoms with Crippen molar-refractivity contribution in [3.8, 4) is 0 Å². The SMILES string of the molecule is CC(=O)N(CCOOSc1cccc(N)c1)CCS(=O)(=O)c1cccc(N)c1. The summed E-state index contributed by atoms with van der Waals surface area (Å²) in [5, 5.41) is 0. The lowest BCUT2D eigenvalue weighted by Crippen LogP contribution is -2.36. The van der Waals surface area contributed by atoms with E-state index in [0.717, 1.165) is 16.9 Å². The molecule has 8 nitrogen and oxygen atoms in total. The normalized spacial score (nSPS) is 11.3. The van der Waals surface area contributed by atoms with Crippen molar-refractivity contribution in [1.29, 1.82) is 0 Å². The highest BCUT2D eigenvalue weighted by Gasteiger charge is 2.18. The molecule has 10 heteroatoms. The number of hydrogen-bond donors (Lipinski definition) is 2. The van der Waals surface area contributed by atoms with Crippen LogP contribution in [0, 0.1) is 0 Å². The Morgan fingerprint density at radius 2 is 1.75 bits per heavy atom. The summed E-state index contributed by atoms with van der Waals surface area (Å²) in [6.07, 6.45) is 0. The van der Waals surface area contributed by atoms with Crippen molar-refractivity contribution in [3.63, 3.8) is 0 Å². The summed E-state index contributed by atoms with van der Waals surface area (Å²) in [6, 6.07) is 13.2. The number of nitrogens with zero attached hydrogens (tertiary/aromatic N) is 1. The quantitative estimate of drug-likeness (QED) is 0.195. The van der Waals surface area contributed by atoms with E-state index in [2.05, 4.69) is 0 Å². The first-order valence-electron chi connectivity index (χ1n) is 8.43. The van der Waals surface area contributed by atoms with Crippen LogP contribution in [0.2, 0.25) is 0 Å². The third-order valence-corrected chi connectivity index (χ3v) is 6.08. The minimum Gasteiger partial charge on any atom is -0.399 e.